The van der Waals surface area contributed by atoms with Crippen LogP contribution in [0, 0.1) is 0 Å². The lowest BCUT2D eigenvalue weighted by atomic mass is 9.89. The highest BCUT2D eigenvalue weighted by molar-refractivity contribution is 6.07. The number of H-pyrrole nitrogens is 1. The summed E-state index contributed by atoms with van der Waals surface area (Å²) in [5.74, 6) is 0.544. The molecule has 1 saturated heterocycles. The lowest BCUT2D eigenvalue weighted by Gasteiger charge is -2.32. The molecule has 3 heterocycles. The Bertz CT molecular complexity index is 1430. The average Bonchev–Trinajstić information content (AvgIpc) is 3.33. The van der Waals surface area contributed by atoms with Gasteiger partial charge in [0.25, 0.3) is 5.91 Å². The van der Waals surface area contributed by atoms with Gasteiger partial charge in [-0.05, 0) is 80.7 Å². The summed E-state index contributed by atoms with van der Waals surface area (Å²) in [6.45, 7) is 3.18. The smallest absolute Gasteiger partial charge is 0.494 e. The molecule has 0 spiro atoms. The molecule has 38 heavy (non-hydrogen) atoms. The number of aromatic amines is 1. The number of likely N-dealkylation sites (tertiary alicyclic amines) is 1. The highest BCUT2D eigenvalue weighted by atomic mass is 19.4. The van der Waals surface area contributed by atoms with E-state index in [-0.39, 0.29) is 17.6 Å². The fourth-order valence-electron chi connectivity index (χ4n) is 5.24. The van der Waals surface area contributed by atoms with Crippen molar-refractivity contribution in [1.82, 2.24) is 20.2 Å². The third kappa shape index (κ3) is 5.70. The lowest BCUT2D eigenvalue weighted by molar-refractivity contribution is -0.274. The van der Waals surface area contributed by atoms with Crippen molar-refractivity contribution >= 4 is 27.7 Å². The maximum Gasteiger partial charge on any atom is 0.573 e. The van der Waals surface area contributed by atoms with Crippen LogP contribution in [0.15, 0.2) is 54.9 Å². The summed E-state index contributed by atoms with van der Waals surface area (Å²) < 4.78 is 47.4. The van der Waals surface area contributed by atoms with E-state index in [1.54, 1.807) is 25.4 Å². The number of methoxy groups -OCH3 is 1. The molecular weight excluding hydrogens is 497 g/mol. The van der Waals surface area contributed by atoms with Crippen LogP contribution in [0.4, 0.5) is 13.2 Å². The number of nitrogens with one attached hydrogen (secondary N) is 2. The molecule has 1 amide bonds. The van der Waals surface area contributed by atoms with Crippen molar-refractivity contribution in [2.75, 3.05) is 33.3 Å². The SMILES string of the molecule is COc1cccc2c(C(=O)NCCCN3CCC(c4c[nH]c5ccc(OC(F)(F)F)cc45)CC3)ccnc12. The molecule has 0 atom stereocenters. The lowest BCUT2D eigenvalue weighted by Crippen LogP contribution is -2.35. The molecule has 1 aliphatic heterocycles. The Labute approximate surface area is 217 Å². The van der Waals surface area contributed by atoms with E-state index in [0.717, 1.165) is 60.7 Å². The summed E-state index contributed by atoms with van der Waals surface area (Å²) in [7, 11) is 1.58. The quantitative estimate of drug-likeness (QED) is 0.291. The summed E-state index contributed by atoms with van der Waals surface area (Å²) in [6, 6.07) is 11.6. The first kappa shape index (κ1) is 25.8. The van der Waals surface area contributed by atoms with E-state index in [1.165, 1.54) is 12.1 Å². The van der Waals surface area contributed by atoms with E-state index in [2.05, 4.69) is 24.9 Å². The zero-order valence-electron chi connectivity index (χ0n) is 21.0. The average molecular weight is 527 g/mol. The minimum absolute atomic E-state index is 0.141. The second kappa shape index (κ2) is 10.9. The number of pyridine rings is 1. The van der Waals surface area contributed by atoms with E-state index >= 15 is 0 Å². The van der Waals surface area contributed by atoms with Crippen molar-refractivity contribution in [1.29, 1.82) is 0 Å². The monoisotopic (exact) mass is 526 g/mol. The molecular formula is C28H29F3N4O3. The molecule has 1 fully saturated rings. The molecule has 2 aromatic carbocycles. The zero-order chi connectivity index (χ0) is 26.7. The normalized spacial score (nSPS) is 15.2. The topological polar surface area (TPSA) is 79.5 Å². The molecule has 0 unspecified atom stereocenters. The zero-order valence-corrected chi connectivity index (χ0v) is 21.0. The van der Waals surface area contributed by atoms with Crippen LogP contribution in [-0.4, -0.2) is 60.4 Å². The summed E-state index contributed by atoms with van der Waals surface area (Å²) in [6.07, 6.45) is 1.43. The Morgan fingerprint density at radius 1 is 1.16 bits per heavy atom. The number of piperidine rings is 1. The van der Waals surface area contributed by atoms with E-state index in [0.29, 0.717) is 23.4 Å². The van der Waals surface area contributed by atoms with E-state index in [1.807, 2.05) is 24.4 Å². The van der Waals surface area contributed by atoms with Crippen molar-refractivity contribution in [3.8, 4) is 11.5 Å². The molecule has 0 saturated carbocycles. The molecule has 0 radical (unpaired) electrons. The number of carbonyl (C=O) groups excluding carboxylic acids is 1. The van der Waals surface area contributed by atoms with Crippen LogP contribution in [0.5, 0.6) is 11.5 Å². The highest BCUT2D eigenvalue weighted by Gasteiger charge is 2.31. The van der Waals surface area contributed by atoms with Crippen molar-refractivity contribution in [2.45, 2.75) is 31.5 Å². The third-order valence-corrected chi connectivity index (χ3v) is 7.08. The number of benzene rings is 2. The summed E-state index contributed by atoms with van der Waals surface area (Å²) >= 11 is 0. The van der Waals surface area contributed by atoms with Crippen molar-refractivity contribution in [2.24, 2.45) is 0 Å². The third-order valence-electron chi connectivity index (χ3n) is 7.08. The van der Waals surface area contributed by atoms with Gasteiger partial charge in [0.05, 0.1) is 12.7 Å². The number of hydrogen-bond donors (Lipinski definition) is 2. The Morgan fingerprint density at radius 3 is 2.74 bits per heavy atom. The van der Waals surface area contributed by atoms with Gasteiger partial charge in [0.15, 0.2) is 0 Å². The van der Waals surface area contributed by atoms with Crippen LogP contribution < -0.4 is 14.8 Å². The second-order valence-corrected chi connectivity index (χ2v) is 9.44. The van der Waals surface area contributed by atoms with Gasteiger partial charge in [0, 0.05) is 35.2 Å². The first-order chi connectivity index (χ1) is 18.3. The fraction of sp³-hybridized carbons (Fsp3) is 0.357. The number of para-hydroxylation sites is 1. The molecule has 4 aromatic rings. The predicted molar refractivity (Wildman–Crippen MR) is 139 cm³/mol. The number of amides is 1. The predicted octanol–water partition coefficient (Wildman–Crippen LogP) is 5.62. The molecule has 2 N–H and O–H groups in total. The maximum atomic E-state index is 12.8. The van der Waals surface area contributed by atoms with Crippen molar-refractivity contribution in [3.05, 3.63) is 66.0 Å². The van der Waals surface area contributed by atoms with Gasteiger partial charge < -0.3 is 24.7 Å². The van der Waals surface area contributed by atoms with E-state index in [9.17, 15) is 18.0 Å². The Morgan fingerprint density at radius 2 is 1.97 bits per heavy atom. The molecule has 7 nitrogen and oxygen atoms in total. The summed E-state index contributed by atoms with van der Waals surface area (Å²) in [4.78, 5) is 22.7. The van der Waals surface area contributed by atoms with Gasteiger partial charge in [-0.1, -0.05) is 12.1 Å². The van der Waals surface area contributed by atoms with Gasteiger partial charge >= 0.3 is 6.36 Å². The second-order valence-electron chi connectivity index (χ2n) is 9.44. The van der Waals surface area contributed by atoms with Gasteiger partial charge in [0.2, 0.25) is 0 Å². The number of carbonyl (C=O) groups is 1. The number of alkyl halides is 3. The summed E-state index contributed by atoms with van der Waals surface area (Å²) in [5.41, 5.74) is 3.05. The van der Waals surface area contributed by atoms with Crippen LogP contribution in [0.1, 0.15) is 41.1 Å². The first-order valence-corrected chi connectivity index (χ1v) is 12.6. The first-order valence-electron chi connectivity index (χ1n) is 12.6. The molecule has 1 aliphatic rings. The van der Waals surface area contributed by atoms with Gasteiger partial charge in [-0.3, -0.25) is 9.78 Å². The highest BCUT2D eigenvalue weighted by Crippen LogP contribution is 2.35. The minimum atomic E-state index is -4.71. The van der Waals surface area contributed by atoms with Gasteiger partial charge in [0.1, 0.15) is 17.0 Å². The Hall–Kier alpha value is -3.79. The largest absolute Gasteiger partial charge is 0.573 e. The van der Waals surface area contributed by atoms with Crippen LogP contribution in [0.25, 0.3) is 21.8 Å². The van der Waals surface area contributed by atoms with Crippen molar-refractivity contribution in [3.63, 3.8) is 0 Å². The number of aromatic nitrogens is 2. The molecule has 2 aromatic heterocycles. The Kier molecular flexibility index (Phi) is 7.42. The number of nitrogens with zero attached hydrogens (tertiary/aromatic N) is 2. The van der Waals surface area contributed by atoms with Crippen LogP contribution >= 0.6 is 0 Å². The van der Waals surface area contributed by atoms with Crippen LogP contribution in [-0.2, 0) is 0 Å². The molecule has 200 valence electrons. The maximum absolute atomic E-state index is 12.8. The van der Waals surface area contributed by atoms with Crippen LogP contribution in [0.2, 0.25) is 0 Å². The molecule has 10 heteroatoms. The molecule has 0 aliphatic carbocycles. The van der Waals surface area contributed by atoms with Crippen molar-refractivity contribution < 1.29 is 27.4 Å². The molecule has 0 bridgehead atoms. The minimum Gasteiger partial charge on any atom is -0.494 e. The fourth-order valence-corrected chi connectivity index (χ4v) is 5.24. The van der Waals surface area contributed by atoms with E-state index < -0.39 is 6.36 Å². The van der Waals surface area contributed by atoms with Gasteiger partial charge in [-0.25, -0.2) is 0 Å². The number of fused-ring (bicyclic) bond motifs is 2. The molecule has 5 rings (SSSR count). The number of rotatable bonds is 8. The van der Waals surface area contributed by atoms with E-state index in [4.69, 9.17) is 4.74 Å². The number of halogens is 3. The number of ether oxygens (including phenoxy) is 2. The standard InChI is InChI=1S/C28H29F3N4O3/c1-37-25-5-2-4-20-21(8-12-32-26(20)25)27(36)33-11-3-13-35-14-9-18(10-15-35)23-17-34-24-7-6-19(16-22(23)24)38-28(29,30)31/h2,4-8,12,16-18,34H,3,9-11,13-15H2,1H3,(H,33,36). The van der Waals surface area contributed by atoms with Crippen LogP contribution in [0.3, 0.4) is 0 Å². The Balaban J connectivity index is 1.12. The van der Waals surface area contributed by atoms with Gasteiger partial charge in [-0.15, -0.1) is 13.2 Å². The summed E-state index contributed by atoms with van der Waals surface area (Å²) in [5, 5.41) is 4.53. The van der Waals surface area contributed by atoms with Gasteiger partial charge in [-0.2, -0.15) is 0 Å². The number of hydrogen-bond acceptors (Lipinski definition) is 5.